The van der Waals surface area contributed by atoms with Crippen molar-refractivity contribution in [2.24, 2.45) is 17.8 Å². The lowest BCUT2D eigenvalue weighted by Gasteiger charge is -2.30. The lowest BCUT2D eigenvalue weighted by atomic mass is 9.85. The monoisotopic (exact) mass is 338 g/mol. The molecule has 2 atom stereocenters. The van der Waals surface area contributed by atoms with Crippen molar-refractivity contribution in [2.75, 3.05) is 0 Å². The number of nitrogens with one attached hydrogen (secondary N) is 2. The second-order valence-corrected chi connectivity index (χ2v) is 7.46. The number of aliphatic carboxylic acids is 1. The first-order chi connectivity index (χ1) is 11.4. The van der Waals surface area contributed by atoms with Gasteiger partial charge in [-0.15, -0.1) is 0 Å². The minimum Gasteiger partial charge on any atom is -0.481 e. The Balaban J connectivity index is 1.72. The molecule has 0 saturated heterocycles. The number of carboxylic acids is 1. The summed E-state index contributed by atoms with van der Waals surface area (Å²) >= 11 is 0. The van der Waals surface area contributed by atoms with Crippen LogP contribution >= 0.6 is 0 Å². The molecule has 2 fully saturated rings. The first-order valence-corrected chi connectivity index (χ1v) is 9.22. The maximum atomic E-state index is 12.3. The Hall–Kier alpha value is -1.59. The lowest BCUT2D eigenvalue weighted by molar-refractivity contribution is -0.142. The zero-order valence-electron chi connectivity index (χ0n) is 14.7. The van der Waals surface area contributed by atoms with Gasteiger partial charge in [-0.1, -0.05) is 12.8 Å². The fraction of sp³-hybridized carbons (Fsp3) is 0.833. The molecule has 2 amide bonds. The SMILES string of the molecule is CC(NC(=O)C1CCC(NC(=O)C2CCCC2)CC1)C(C)C(=O)O. The predicted octanol–water partition coefficient (Wildman–Crippen LogP) is 2.08. The van der Waals surface area contributed by atoms with Crippen LogP contribution in [-0.4, -0.2) is 35.0 Å². The van der Waals surface area contributed by atoms with Gasteiger partial charge >= 0.3 is 5.97 Å². The van der Waals surface area contributed by atoms with Gasteiger partial charge in [0.1, 0.15) is 0 Å². The molecule has 0 spiro atoms. The molecule has 2 aliphatic carbocycles. The standard InChI is InChI=1S/C18H30N2O4/c1-11(18(23)24)12(2)19-16(21)14-7-9-15(10-8-14)20-17(22)13-5-3-4-6-13/h11-15H,3-10H2,1-2H3,(H,19,21)(H,20,22)(H,23,24). The number of carbonyl (C=O) groups excluding carboxylic acids is 2. The van der Waals surface area contributed by atoms with E-state index >= 15 is 0 Å². The van der Waals surface area contributed by atoms with Crippen LogP contribution < -0.4 is 10.6 Å². The van der Waals surface area contributed by atoms with Crippen molar-refractivity contribution in [1.82, 2.24) is 10.6 Å². The Morgan fingerprint density at radius 2 is 1.42 bits per heavy atom. The molecular formula is C18H30N2O4. The minimum absolute atomic E-state index is 0.0591. The van der Waals surface area contributed by atoms with Crippen molar-refractivity contribution in [3.63, 3.8) is 0 Å². The first-order valence-electron chi connectivity index (χ1n) is 9.22. The van der Waals surface area contributed by atoms with Crippen LogP contribution in [0.5, 0.6) is 0 Å². The molecule has 2 unspecified atom stereocenters. The Bertz CT molecular complexity index is 466. The number of hydrogen-bond donors (Lipinski definition) is 3. The zero-order chi connectivity index (χ0) is 17.7. The summed E-state index contributed by atoms with van der Waals surface area (Å²) in [5, 5.41) is 15.0. The number of hydrogen-bond acceptors (Lipinski definition) is 3. The molecule has 0 heterocycles. The molecule has 0 bridgehead atoms. The second-order valence-electron chi connectivity index (χ2n) is 7.46. The van der Waals surface area contributed by atoms with Crippen molar-refractivity contribution in [2.45, 2.75) is 77.3 Å². The van der Waals surface area contributed by atoms with E-state index in [4.69, 9.17) is 5.11 Å². The van der Waals surface area contributed by atoms with Gasteiger partial charge in [0, 0.05) is 23.9 Å². The number of carboxylic acid groups (broad SMARTS) is 1. The van der Waals surface area contributed by atoms with Gasteiger partial charge < -0.3 is 15.7 Å². The van der Waals surface area contributed by atoms with E-state index in [9.17, 15) is 14.4 Å². The van der Waals surface area contributed by atoms with E-state index in [1.165, 1.54) is 0 Å². The molecular weight excluding hydrogens is 308 g/mol. The highest BCUT2D eigenvalue weighted by molar-refractivity contribution is 5.81. The lowest BCUT2D eigenvalue weighted by Crippen LogP contribution is -2.46. The van der Waals surface area contributed by atoms with Gasteiger partial charge in [-0.2, -0.15) is 0 Å². The van der Waals surface area contributed by atoms with Gasteiger partial charge in [-0.25, -0.2) is 0 Å². The van der Waals surface area contributed by atoms with Crippen molar-refractivity contribution >= 4 is 17.8 Å². The molecule has 6 nitrogen and oxygen atoms in total. The zero-order valence-corrected chi connectivity index (χ0v) is 14.7. The van der Waals surface area contributed by atoms with Crippen LogP contribution in [0.3, 0.4) is 0 Å². The van der Waals surface area contributed by atoms with Crippen molar-refractivity contribution in [3.8, 4) is 0 Å². The highest BCUT2D eigenvalue weighted by Crippen LogP contribution is 2.28. The van der Waals surface area contributed by atoms with Crippen molar-refractivity contribution in [3.05, 3.63) is 0 Å². The van der Waals surface area contributed by atoms with Crippen LogP contribution in [0.15, 0.2) is 0 Å². The van der Waals surface area contributed by atoms with Crippen LogP contribution in [0.2, 0.25) is 0 Å². The van der Waals surface area contributed by atoms with E-state index in [1.807, 2.05) is 0 Å². The molecule has 0 aliphatic heterocycles. The van der Waals surface area contributed by atoms with Crippen LogP contribution in [0.25, 0.3) is 0 Å². The Kier molecular flexibility index (Phi) is 6.63. The summed E-state index contributed by atoms with van der Waals surface area (Å²) in [6.45, 7) is 3.33. The summed E-state index contributed by atoms with van der Waals surface area (Å²) in [5.41, 5.74) is 0. The summed E-state index contributed by atoms with van der Waals surface area (Å²) in [6, 6.07) is -0.202. The van der Waals surface area contributed by atoms with Crippen molar-refractivity contribution < 1.29 is 19.5 Å². The molecule has 24 heavy (non-hydrogen) atoms. The van der Waals surface area contributed by atoms with Gasteiger partial charge in [0.05, 0.1) is 5.92 Å². The molecule has 0 radical (unpaired) electrons. The summed E-state index contributed by atoms with van der Waals surface area (Å²) in [5.74, 6) is -1.27. The van der Waals surface area contributed by atoms with E-state index in [0.29, 0.717) is 0 Å². The number of rotatable bonds is 6. The fourth-order valence-electron chi connectivity index (χ4n) is 3.69. The molecule has 0 aromatic heterocycles. The molecule has 0 aromatic rings. The summed E-state index contributed by atoms with van der Waals surface area (Å²) < 4.78 is 0. The van der Waals surface area contributed by atoms with E-state index in [1.54, 1.807) is 13.8 Å². The van der Waals surface area contributed by atoms with Crippen molar-refractivity contribution in [1.29, 1.82) is 0 Å². The average molecular weight is 338 g/mol. The van der Waals surface area contributed by atoms with E-state index in [0.717, 1.165) is 51.4 Å². The summed E-state index contributed by atoms with van der Waals surface area (Å²) in [6.07, 6.45) is 7.44. The Labute approximate surface area is 143 Å². The maximum Gasteiger partial charge on any atom is 0.308 e. The predicted molar refractivity (Wildman–Crippen MR) is 90.3 cm³/mol. The largest absolute Gasteiger partial charge is 0.481 e. The van der Waals surface area contributed by atoms with Gasteiger partial charge in [0.2, 0.25) is 11.8 Å². The van der Waals surface area contributed by atoms with E-state index < -0.39 is 11.9 Å². The normalized spacial score (nSPS) is 27.2. The van der Waals surface area contributed by atoms with Crippen LogP contribution in [0.4, 0.5) is 0 Å². The highest BCUT2D eigenvalue weighted by atomic mass is 16.4. The quantitative estimate of drug-likeness (QED) is 0.691. The molecule has 136 valence electrons. The third-order valence-corrected chi connectivity index (χ3v) is 5.68. The molecule has 6 heteroatoms. The van der Waals surface area contributed by atoms with Gasteiger partial charge in [-0.3, -0.25) is 14.4 Å². The number of carbonyl (C=O) groups is 3. The fourth-order valence-corrected chi connectivity index (χ4v) is 3.69. The first kappa shape index (κ1) is 18.7. The Morgan fingerprint density at radius 3 is 1.96 bits per heavy atom. The van der Waals surface area contributed by atoms with Gasteiger partial charge in [0.25, 0.3) is 0 Å². The maximum absolute atomic E-state index is 12.3. The summed E-state index contributed by atoms with van der Waals surface area (Å²) in [4.78, 5) is 35.4. The van der Waals surface area contributed by atoms with Crippen LogP contribution in [-0.2, 0) is 14.4 Å². The highest BCUT2D eigenvalue weighted by Gasteiger charge is 2.31. The number of amides is 2. The minimum atomic E-state index is -0.902. The third kappa shape index (κ3) is 4.95. The molecule has 3 N–H and O–H groups in total. The topological polar surface area (TPSA) is 95.5 Å². The van der Waals surface area contributed by atoms with Gasteiger partial charge in [-0.05, 0) is 52.4 Å². The smallest absolute Gasteiger partial charge is 0.308 e. The van der Waals surface area contributed by atoms with Crippen LogP contribution in [0, 0.1) is 17.8 Å². The van der Waals surface area contributed by atoms with Gasteiger partial charge in [0.15, 0.2) is 0 Å². The van der Waals surface area contributed by atoms with E-state index in [-0.39, 0.29) is 35.7 Å². The van der Waals surface area contributed by atoms with Crippen LogP contribution in [0.1, 0.15) is 65.2 Å². The summed E-state index contributed by atoms with van der Waals surface area (Å²) in [7, 11) is 0. The third-order valence-electron chi connectivity index (χ3n) is 5.68. The Morgan fingerprint density at radius 1 is 0.875 bits per heavy atom. The molecule has 2 aliphatic rings. The van der Waals surface area contributed by atoms with E-state index in [2.05, 4.69) is 10.6 Å². The molecule has 2 rings (SSSR count). The average Bonchev–Trinajstić information content (AvgIpc) is 3.09. The molecule has 0 aromatic carbocycles. The second kappa shape index (κ2) is 8.49. The molecule has 2 saturated carbocycles.